The average Bonchev–Trinajstić information content (AvgIpc) is 2.29. The summed E-state index contributed by atoms with van der Waals surface area (Å²) in [4.78, 5) is 0. The first-order valence-corrected chi connectivity index (χ1v) is 6.30. The SMILES string of the molecule is Clc1ccc(OC[C@@H]2CCCNC2)c(Cl)c1. The van der Waals surface area contributed by atoms with Crippen molar-refractivity contribution in [1.82, 2.24) is 5.32 Å². The van der Waals surface area contributed by atoms with Gasteiger partial charge < -0.3 is 10.1 Å². The third kappa shape index (κ3) is 3.27. The van der Waals surface area contributed by atoms with Crippen molar-refractivity contribution in [2.75, 3.05) is 19.7 Å². The normalized spacial score (nSPS) is 20.8. The van der Waals surface area contributed by atoms with Crippen LogP contribution in [0.1, 0.15) is 12.8 Å². The van der Waals surface area contributed by atoms with Crippen LogP contribution in [0.3, 0.4) is 0 Å². The molecule has 0 spiro atoms. The van der Waals surface area contributed by atoms with Gasteiger partial charge in [0.2, 0.25) is 0 Å². The van der Waals surface area contributed by atoms with E-state index >= 15 is 0 Å². The number of hydrogen-bond acceptors (Lipinski definition) is 2. The zero-order valence-electron chi connectivity index (χ0n) is 9.01. The maximum Gasteiger partial charge on any atom is 0.137 e. The summed E-state index contributed by atoms with van der Waals surface area (Å²) in [5.41, 5.74) is 0. The third-order valence-electron chi connectivity index (χ3n) is 2.77. The van der Waals surface area contributed by atoms with Crippen molar-refractivity contribution in [3.63, 3.8) is 0 Å². The van der Waals surface area contributed by atoms with Gasteiger partial charge in [0.25, 0.3) is 0 Å². The number of nitrogens with one attached hydrogen (secondary N) is 1. The highest BCUT2D eigenvalue weighted by Gasteiger charge is 2.14. The second-order valence-corrected chi connectivity index (χ2v) is 4.94. The molecule has 0 saturated carbocycles. The summed E-state index contributed by atoms with van der Waals surface area (Å²) in [6, 6.07) is 5.32. The van der Waals surface area contributed by atoms with Crippen molar-refractivity contribution >= 4 is 23.2 Å². The lowest BCUT2D eigenvalue weighted by Crippen LogP contribution is -2.33. The second-order valence-electron chi connectivity index (χ2n) is 4.10. The first kappa shape index (κ1) is 12.0. The Labute approximate surface area is 106 Å². The van der Waals surface area contributed by atoms with Gasteiger partial charge in [0.15, 0.2) is 0 Å². The number of rotatable bonds is 3. The van der Waals surface area contributed by atoms with Gasteiger partial charge in [-0.15, -0.1) is 0 Å². The maximum absolute atomic E-state index is 6.02. The van der Waals surface area contributed by atoms with E-state index in [1.54, 1.807) is 12.1 Å². The van der Waals surface area contributed by atoms with Gasteiger partial charge in [-0.1, -0.05) is 23.2 Å². The van der Waals surface area contributed by atoms with Crippen LogP contribution in [0.15, 0.2) is 18.2 Å². The summed E-state index contributed by atoms with van der Waals surface area (Å²) in [5, 5.41) is 4.58. The Kier molecular flexibility index (Phi) is 4.33. The summed E-state index contributed by atoms with van der Waals surface area (Å²) in [6.07, 6.45) is 2.45. The molecule has 1 aromatic carbocycles. The molecule has 1 atom stereocenters. The van der Waals surface area contributed by atoms with E-state index in [1.165, 1.54) is 12.8 Å². The van der Waals surface area contributed by atoms with Crippen LogP contribution < -0.4 is 10.1 Å². The van der Waals surface area contributed by atoms with Crippen LogP contribution in [0.25, 0.3) is 0 Å². The second kappa shape index (κ2) is 5.76. The van der Waals surface area contributed by atoms with Crippen LogP contribution in [0.5, 0.6) is 5.75 Å². The number of ether oxygens (including phenoxy) is 1. The summed E-state index contributed by atoms with van der Waals surface area (Å²) in [5.74, 6) is 1.30. The molecular weight excluding hydrogens is 245 g/mol. The van der Waals surface area contributed by atoms with Gasteiger partial charge >= 0.3 is 0 Å². The monoisotopic (exact) mass is 259 g/mol. The summed E-state index contributed by atoms with van der Waals surface area (Å²) < 4.78 is 5.70. The average molecular weight is 260 g/mol. The molecule has 2 nitrogen and oxygen atoms in total. The van der Waals surface area contributed by atoms with E-state index in [-0.39, 0.29) is 0 Å². The van der Waals surface area contributed by atoms with Crippen LogP contribution in [0, 0.1) is 5.92 Å². The predicted molar refractivity (Wildman–Crippen MR) is 67.6 cm³/mol. The van der Waals surface area contributed by atoms with Gasteiger partial charge in [-0.05, 0) is 37.6 Å². The summed E-state index contributed by atoms with van der Waals surface area (Å²) >= 11 is 11.8. The fourth-order valence-electron chi connectivity index (χ4n) is 1.87. The highest BCUT2D eigenvalue weighted by molar-refractivity contribution is 6.35. The van der Waals surface area contributed by atoms with Gasteiger partial charge in [0, 0.05) is 17.5 Å². The minimum absolute atomic E-state index is 0.580. The number of benzene rings is 1. The molecule has 16 heavy (non-hydrogen) atoms. The van der Waals surface area contributed by atoms with Gasteiger partial charge in [-0.25, -0.2) is 0 Å². The predicted octanol–water partition coefficient (Wildman–Crippen LogP) is 3.37. The van der Waals surface area contributed by atoms with E-state index in [4.69, 9.17) is 27.9 Å². The molecule has 1 aliphatic heterocycles. The minimum atomic E-state index is 0.580. The molecule has 0 radical (unpaired) electrons. The molecule has 1 N–H and O–H groups in total. The maximum atomic E-state index is 6.02. The quantitative estimate of drug-likeness (QED) is 0.899. The van der Waals surface area contributed by atoms with Gasteiger partial charge in [-0.2, -0.15) is 0 Å². The van der Waals surface area contributed by atoms with Crippen molar-refractivity contribution in [3.05, 3.63) is 28.2 Å². The van der Waals surface area contributed by atoms with Crippen LogP contribution in [0.2, 0.25) is 10.0 Å². The van der Waals surface area contributed by atoms with Crippen LogP contribution >= 0.6 is 23.2 Å². The van der Waals surface area contributed by atoms with Crippen molar-refractivity contribution in [1.29, 1.82) is 0 Å². The lowest BCUT2D eigenvalue weighted by atomic mass is 10.0. The molecule has 1 aliphatic rings. The first-order chi connectivity index (χ1) is 7.75. The Morgan fingerprint density at radius 1 is 1.38 bits per heavy atom. The smallest absolute Gasteiger partial charge is 0.137 e. The Bertz CT molecular complexity index is 351. The molecule has 0 aromatic heterocycles. The molecule has 4 heteroatoms. The van der Waals surface area contributed by atoms with Crippen molar-refractivity contribution < 1.29 is 4.74 Å². The van der Waals surface area contributed by atoms with E-state index in [0.717, 1.165) is 18.8 Å². The molecule has 88 valence electrons. The fourth-order valence-corrected chi connectivity index (χ4v) is 2.33. The molecule has 1 aromatic rings. The molecule has 0 unspecified atom stereocenters. The zero-order chi connectivity index (χ0) is 11.4. The standard InChI is InChI=1S/C12H15Cl2NO/c13-10-3-4-12(11(14)6-10)16-8-9-2-1-5-15-7-9/h3-4,6,9,15H,1-2,5,7-8H2/t9-/m1/s1. The Hall–Kier alpha value is -0.440. The summed E-state index contributed by atoms with van der Waals surface area (Å²) in [7, 11) is 0. The molecular formula is C12H15Cl2NO. The van der Waals surface area contributed by atoms with Crippen LogP contribution in [0.4, 0.5) is 0 Å². The summed E-state index contributed by atoms with van der Waals surface area (Å²) in [6.45, 7) is 2.87. The highest BCUT2D eigenvalue weighted by atomic mass is 35.5. The molecule has 2 rings (SSSR count). The van der Waals surface area contributed by atoms with Crippen molar-refractivity contribution in [2.45, 2.75) is 12.8 Å². The van der Waals surface area contributed by atoms with E-state index in [2.05, 4.69) is 5.32 Å². The topological polar surface area (TPSA) is 21.3 Å². The van der Waals surface area contributed by atoms with E-state index < -0.39 is 0 Å². The van der Waals surface area contributed by atoms with E-state index in [9.17, 15) is 0 Å². The molecule has 1 saturated heterocycles. The highest BCUT2D eigenvalue weighted by Crippen LogP contribution is 2.28. The van der Waals surface area contributed by atoms with Gasteiger partial charge in [0.1, 0.15) is 5.75 Å². The molecule has 1 heterocycles. The molecule has 1 fully saturated rings. The lowest BCUT2D eigenvalue weighted by molar-refractivity contribution is 0.218. The molecule has 0 bridgehead atoms. The number of hydrogen-bond donors (Lipinski definition) is 1. The van der Waals surface area contributed by atoms with E-state index in [1.807, 2.05) is 6.07 Å². The van der Waals surface area contributed by atoms with Crippen LogP contribution in [-0.4, -0.2) is 19.7 Å². The largest absolute Gasteiger partial charge is 0.492 e. The number of piperidine rings is 1. The van der Waals surface area contributed by atoms with Crippen molar-refractivity contribution in [3.8, 4) is 5.75 Å². The van der Waals surface area contributed by atoms with Crippen molar-refractivity contribution in [2.24, 2.45) is 5.92 Å². The Morgan fingerprint density at radius 3 is 2.94 bits per heavy atom. The molecule has 0 amide bonds. The van der Waals surface area contributed by atoms with E-state index in [0.29, 0.717) is 22.6 Å². The molecule has 0 aliphatic carbocycles. The number of halogens is 2. The fraction of sp³-hybridized carbons (Fsp3) is 0.500. The zero-order valence-corrected chi connectivity index (χ0v) is 10.5. The van der Waals surface area contributed by atoms with Gasteiger partial charge in [0.05, 0.1) is 11.6 Å². The minimum Gasteiger partial charge on any atom is -0.492 e. The first-order valence-electron chi connectivity index (χ1n) is 5.54. The van der Waals surface area contributed by atoms with Gasteiger partial charge in [-0.3, -0.25) is 0 Å². The Balaban J connectivity index is 1.88. The Morgan fingerprint density at radius 2 is 2.25 bits per heavy atom. The third-order valence-corrected chi connectivity index (χ3v) is 3.30. The lowest BCUT2D eigenvalue weighted by Gasteiger charge is -2.23. The van der Waals surface area contributed by atoms with Crippen LogP contribution in [-0.2, 0) is 0 Å².